The van der Waals surface area contributed by atoms with Crippen LogP contribution in [-0.2, 0) is 6.42 Å². The van der Waals surface area contributed by atoms with E-state index in [0.29, 0.717) is 34.9 Å². The van der Waals surface area contributed by atoms with Crippen LogP contribution in [0.4, 0.5) is 19.0 Å². The molecule has 1 atom stereocenters. The van der Waals surface area contributed by atoms with Crippen molar-refractivity contribution in [1.82, 2.24) is 15.0 Å². The van der Waals surface area contributed by atoms with Crippen LogP contribution in [0.2, 0.25) is 0 Å². The van der Waals surface area contributed by atoms with Crippen LogP contribution in [0.5, 0.6) is 5.75 Å². The van der Waals surface area contributed by atoms with Gasteiger partial charge in [0, 0.05) is 30.1 Å². The highest BCUT2D eigenvalue weighted by Crippen LogP contribution is 2.24. The lowest BCUT2D eigenvalue weighted by molar-refractivity contribution is -0.274. The summed E-state index contributed by atoms with van der Waals surface area (Å²) in [5.74, 6) is 0.533. The van der Waals surface area contributed by atoms with Crippen LogP contribution >= 0.6 is 0 Å². The molecule has 0 aliphatic rings. The van der Waals surface area contributed by atoms with E-state index in [0.717, 1.165) is 12.1 Å². The first kappa shape index (κ1) is 21.3. The first-order chi connectivity index (χ1) is 14.2. The third-order valence-electron chi connectivity index (χ3n) is 4.17. The highest BCUT2D eigenvalue weighted by molar-refractivity contribution is 5.55. The van der Waals surface area contributed by atoms with Gasteiger partial charge < -0.3 is 20.1 Å². The van der Waals surface area contributed by atoms with E-state index in [1.54, 1.807) is 12.1 Å². The van der Waals surface area contributed by atoms with Gasteiger partial charge in [-0.05, 0) is 36.2 Å². The minimum atomic E-state index is -4.76. The smallest absolute Gasteiger partial charge is 0.406 e. The van der Waals surface area contributed by atoms with Crippen molar-refractivity contribution in [2.75, 3.05) is 11.9 Å². The van der Waals surface area contributed by atoms with E-state index in [1.807, 2.05) is 6.92 Å². The number of aryl methyl sites for hydroxylation is 1. The van der Waals surface area contributed by atoms with E-state index < -0.39 is 12.5 Å². The number of aliphatic hydroxyl groups is 1. The topological polar surface area (TPSA) is 100 Å². The Hall–Kier alpha value is -3.40. The fraction of sp³-hybridized carbons (Fsp3) is 0.250. The Bertz CT molecular complexity index is 1030. The molecule has 3 aromatic rings. The summed E-state index contributed by atoms with van der Waals surface area (Å²) < 4.78 is 40.4. The number of aromatic nitrogens is 3. The molecule has 7 nitrogen and oxygen atoms in total. The van der Waals surface area contributed by atoms with Crippen LogP contribution < -0.4 is 15.6 Å². The Balaban J connectivity index is 1.61. The summed E-state index contributed by atoms with van der Waals surface area (Å²) in [6, 6.07) is 9.81. The SMILES string of the molecule is CCc1cc(=O)[nH]c(-c2ccc(NCC(O)c3ccc(OC(F)(F)F)cc3)nc2)n1. The summed E-state index contributed by atoms with van der Waals surface area (Å²) in [5, 5.41) is 13.2. The highest BCUT2D eigenvalue weighted by Gasteiger charge is 2.31. The molecule has 0 saturated carbocycles. The van der Waals surface area contributed by atoms with Crippen molar-refractivity contribution < 1.29 is 23.0 Å². The lowest BCUT2D eigenvalue weighted by Crippen LogP contribution is -2.17. The summed E-state index contributed by atoms with van der Waals surface area (Å²) >= 11 is 0. The number of aliphatic hydroxyl groups excluding tert-OH is 1. The summed E-state index contributed by atoms with van der Waals surface area (Å²) in [6.07, 6.45) is -3.56. The van der Waals surface area contributed by atoms with Gasteiger partial charge in [0.1, 0.15) is 17.4 Å². The lowest BCUT2D eigenvalue weighted by Gasteiger charge is -2.14. The molecule has 10 heteroatoms. The van der Waals surface area contributed by atoms with Crippen LogP contribution in [-0.4, -0.2) is 33.0 Å². The molecule has 0 radical (unpaired) electrons. The number of hydrogen-bond donors (Lipinski definition) is 3. The van der Waals surface area contributed by atoms with E-state index >= 15 is 0 Å². The zero-order valence-electron chi connectivity index (χ0n) is 15.9. The number of benzene rings is 1. The van der Waals surface area contributed by atoms with E-state index in [2.05, 4.69) is 25.0 Å². The predicted octanol–water partition coefficient (Wildman–Crippen LogP) is 3.44. The molecular formula is C20H19F3N4O3. The molecule has 2 heterocycles. The average Bonchev–Trinajstić information content (AvgIpc) is 2.71. The highest BCUT2D eigenvalue weighted by atomic mass is 19.4. The fourth-order valence-electron chi connectivity index (χ4n) is 2.68. The molecular weight excluding hydrogens is 401 g/mol. The van der Waals surface area contributed by atoms with Gasteiger partial charge in [-0.3, -0.25) is 4.79 Å². The van der Waals surface area contributed by atoms with Gasteiger partial charge in [0.05, 0.1) is 6.10 Å². The number of pyridine rings is 1. The Labute approximate surface area is 169 Å². The molecule has 0 spiro atoms. The van der Waals surface area contributed by atoms with Gasteiger partial charge in [0.25, 0.3) is 5.56 Å². The van der Waals surface area contributed by atoms with E-state index in [1.165, 1.54) is 24.4 Å². The van der Waals surface area contributed by atoms with E-state index in [4.69, 9.17) is 0 Å². The second-order valence-electron chi connectivity index (χ2n) is 6.38. The summed E-state index contributed by atoms with van der Waals surface area (Å²) in [7, 11) is 0. The molecule has 3 rings (SSSR count). The molecule has 158 valence electrons. The van der Waals surface area contributed by atoms with E-state index in [9.17, 15) is 23.1 Å². The maximum atomic E-state index is 12.2. The molecule has 1 aromatic carbocycles. The van der Waals surface area contributed by atoms with Crippen molar-refractivity contribution >= 4 is 5.82 Å². The summed E-state index contributed by atoms with van der Waals surface area (Å²) in [6.45, 7) is 1.99. The largest absolute Gasteiger partial charge is 0.573 e. The second-order valence-corrected chi connectivity index (χ2v) is 6.38. The second kappa shape index (κ2) is 8.95. The lowest BCUT2D eigenvalue weighted by atomic mass is 10.1. The minimum Gasteiger partial charge on any atom is -0.406 e. The molecule has 30 heavy (non-hydrogen) atoms. The van der Waals surface area contributed by atoms with Crippen LogP contribution in [0.15, 0.2) is 53.5 Å². The van der Waals surface area contributed by atoms with Crippen molar-refractivity contribution in [1.29, 1.82) is 0 Å². The maximum absolute atomic E-state index is 12.2. The monoisotopic (exact) mass is 420 g/mol. The Morgan fingerprint density at radius 1 is 1.20 bits per heavy atom. The number of H-pyrrole nitrogens is 1. The molecule has 0 aliphatic heterocycles. The van der Waals surface area contributed by atoms with Crippen LogP contribution in [0.25, 0.3) is 11.4 Å². The Morgan fingerprint density at radius 2 is 1.93 bits per heavy atom. The quantitative estimate of drug-likeness (QED) is 0.542. The molecule has 0 amide bonds. The molecule has 0 fully saturated rings. The Kier molecular flexibility index (Phi) is 6.36. The van der Waals surface area contributed by atoms with Crippen molar-refractivity contribution in [3.63, 3.8) is 0 Å². The molecule has 0 saturated heterocycles. The standard InChI is InChI=1S/C20H19F3N4O3/c1-2-14-9-18(29)27-19(26-14)13-5-8-17(24-10-13)25-11-16(28)12-3-6-15(7-4-12)30-20(21,22)23/h3-10,16,28H,2,11H2,1H3,(H,24,25)(H,26,27,29). The molecule has 1 unspecified atom stereocenters. The number of hydrogen-bond acceptors (Lipinski definition) is 6. The fourth-order valence-corrected chi connectivity index (χ4v) is 2.68. The first-order valence-electron chi connectivity index (χ1n) is 9.08. The van der Waals surface area contributed by atoms with Crippen molar-refractivity contribution in [3.05, 3.63) is 70.3 Å². The van der Waals surface area contributed by atoms with Crippen molar-refractivity contribution in [2.24, 2.45) is 0 Å². The number of anilines is 1. The van der Waals surface area contributed by atoms with Crippen molar-refractivity contribution in [2.45, 2.75) is 25.8 Å². The predicted molar refractivity (Wildman–Crippen MR) is 104 cm³/mol. The van der Waals surface area contributed by atoms with Crippen LogP contribution in [0, 0.1) is 0 Å². The summed E-state index contributed by atoms with van der Waals surface area (Å²) in [5.41, 5.74) is 1.49. The first-order valence-corrected chi connectivity index (χ1v) is 9.08. The molecule has 0 bridgehead atoms. The third-order valence-corrected chi connectivity index (χ3v) is 4.17. The van der Waals surface area contributed by atoms with Gasteiger partial charge >= 0.3 is 6.36 Å². The van der Waals surface area contributed by atoms with Crippen LogP contribution in [0.3, 0.4) is 0 Å². The molecule has 2 aromatic heterocycles. The van der Waals surface area contributed by atoms with E-state index in [-0.39, 0.29) is 17.9 Å². The zero-order valence-corrected chi connectivity index (χ0v) is 15.9. The normalized spacial score (nSPS) is 12.4. The van der Waals surface area contributed by atoms with Crippen molar-refractivity contribution in [3.8, 4) is 17.1 Å². The summed E-state index contributed by atoms with van der Waals surface area (Å²) in [4.78, 5) is 22.9. The number of rotatable bonds is 7. The minimum absolute atomic E-state index is 0.0895. The molecule has 3 N–H and O–H groups in total. The van der Waals surface area contributed by atoms with Gasteiger partial charge in [0.2, 0.25) is 0 Å². The van der Waals surface area contributed by atoms with Gasteiger partial charge in [0.15, 0.2) is 0 Å². The molecule has 0 aliphatic carbocycles. The third kappa shape index (κ3) is 5.80. The zero-order chi connectivity index (χ0) is 21.7. The number of nitrogens with one attached hydrogen (secondary N) is 2. The van der Waals surface area contributed by atoms with Crippen LogP contribution in [0.1, 0.15) is 24.3 Å². The number of aromatic amines is 1. The maximum Gasteiger partial charge on any atom is 0.573 e. The number of alkyl halides is 3. The van der Waals surface area contributed by atoms with Gasteiger partial charge in [-0.15, -0.1) is 13.2 Å². The average molecular weight is 420 g/mol. The van der Waals surface area contributed by atoms with Gasteiger partial charge in [-0.1, -0.05) is 19.1 Å². The Morgan fingerprint density at radius 3 is 2.53 bits per heavy atom. The number of ether oxygens (including phenoxy) is 1. The number of nitrogens with zero attached hydrogens (tertiary/aromatic N) is 2. The van der Waals surface area contributed by atoms with Gasteiger partial charge in [-0.2, -0.15) is 0 Å². The van der Waals surface area contributed by atoms with Gasteiger partial charge in [-0.25, -0.2) is 9.97 Å². The number of halogens is 3.